The standard InChI is InChI=1S/C18H22N2O3S2/c1-15-7-9-17(10-8-15)25(22,23)20-13-18(21)19-11-12-24-14-16-5-3-2-4-6-16/h2-10,20H,11-14H2,1H3,(H,19,21). The largest absolute Gasteiger partial charge is 0.354 e. The molecule has 2 N–H and O–H groups in total. The number of thioether (sulfide) groups is 1. The predicted molar refractivity (Wildman–Crippen MR) is 102 cm³/mol. The van der Waals surface area contributed by atoms with Crippen LogP contribution in [0, 0.1) is 6.92 Å². The van der Waals surface area contributed by atoms with Gasteiger partial charge in [-0.1, -0.05) is 48.0 Å². The van der Waals surface area contributed by atoms with Crippen molar-refractivity contribution in [1.82, 2.24) is 10.0 Å². The molecule has 0 fully saturated rings. The summed E-state index contributed by atoms with van der Waals surface area (Å²) in [5, 5.41) is 2.72. The third kappa shape index (κ3) is 6.89. The van der Waals surface area contributed by atoms with Gasteiger partial charge < -0.3 is 5.32 Å². The highest BCUT2D eigenvalue weighted by molar-refractivity contribution is 7.98. The molecular weight excluding hydrogens is 356 g/mol. The first-order valence-corrected chi connectivity index (χ1v) is 10.6. The van der Waals surface area contributed by atoms with Gasteiger partial charge in [0.05, 0.1) is 11.4 Å². The topological polar surface area (TPSA) is 75.3 Å². The summed E-state index contributed by atoms with van der Waals surface area (Å²) >= 11 is 1.72. The van der Waals surface area contributed by atoms with Gasteiger partial charge >= 0.3 is 0 Å². The summed E-state index contributed by atoms with van der Waals surface area (Å²) in [4.78, 5) is 11.9. The second kappa shape index (κ2) is 9.60. The van der Waals surface area contributed by atoms with Crippen molar-refractivity contribution in [1.29, 1.82) is 0 Å². The molecule has 0 bridgehead atoms. The maximum atomic E-state index is 12.1. The van der Waals surface area contributed by atoms with Crippen LogP contribution in [-0.4, -0.2) is 33.2 Å². The van der Waals surface area contributed by atoms with E-state index in [1.54, 1.807) is 23.9 Å². The third-order valence-electron chi connectivity index (χ3n) is 3.43. The van der Waals surface area contributed by atoms with Crippen molar-refractivity contribution in [2.75, 3.05) is 18.8 Å². The van der Waals surface area contributed by atoms with Crippen LogP contribution >= 0.6 is 11.8 Å². The summed E-state index contributed by atoms with van der Waals surface area (Å²) in [6.45, 7) is 2.12. The van der Waals surface area contributed by atoms with Gasteiger partial charge in [0, 0.05) is 18.1 Å². The van der Waals surface area contributed by atoms with E-state index in [1.807, 2.05) is 25.1 Å². The van der Waals surface area contributed by atoms with Crippen LogP contribution in [0.4, 0.5) is 0 Å². The lowest BCUT2D eigenvalue weighted by Gasteiger charge is -2.08. The van der Waals surface area contributed by atoms with Crippen LogP contribution in [0.1, 0.15) is 11.1 Å². The zero-order chi connectivity index (χ0) is 18.1. The van der Waals surface area contributed by atoms with Crippen molar-refractivity contribution in [2.24, 2.45) is 0 Å². The predicted octanol–water partition coefficient (Wildman–Crippen LogP) is 2.32. The maximum Gasteiger partial charge on any atom is 0.241 e. The van der Waals surface area contributed by atoms with Crippen molar-refractivity contribution in [2.45, 2.75) is 17.6 Å². The van der Waals surface area contributed by atoms with Gasteiger partial charge in [0.15, 0.2) is 0 Å². The Morgan fingerprint density at radius 1 is 1.04 bits per heavy atom. The fourth-order valence-electron chi connectivity index (χ4n) is 2.05. The Hall–Kier alpha value is -1.83. The van der Waals surface area contributed by atoms with Crippen LogP contribution < -0.4 is 10.0 Å². The van der Waals surface area contributed by atoms with Gasteiger partial charge in [-0.25, -0.2) is 13.1 Å². The van der Waals surface area contributed by atoms with Crippen LogP contribution in [0.2, 0.25) is 0 Å². The molecule has 0 saturated carbocycles. The van der Waals surface area contributed by atoms with Gasteiger partial charge in [-0.15, -0.1) is 0 Å². The number of benzene rings is 2. The molecule has 7 heteroatoms. The van der Waals surface area contributed by atoms with Crippen LogP contribution in [-0.2, 0) is 20.6 Å². The molecule has 25 heavy (non-hydrogen) atoms. The van der Waals surface area contributed by atoms with Crippen molar-refractivity contribution >= 4 is 27.7 Å². The average Bonchev–Trinajstić information content (AvgIpc) is 2.61. The van der Waals surface area contributed by atoms with Gasteiger partial charge in [-0.2, -0.15) is 11.8 Å². The van der Waals surface area contributed by atoms with Crippen molar-refractivity contribution in [3.63, 3.8) is 0 Å². The smallest absolute Gasteiger partial charge is 0.241 e. The monoisotopic (exact) mass is 378 g/mol. The fraction of sp³-hybridized carbons (Fsp3) is 0.278. The van der Waals surface area contributed by atoms with E-state index >= 15 is 0 Å². The molecule has 0 radical (unpaired) electrons. The van der Waals surface area contributed by atoms with E-state index in [4.69, 9.17) is 0 Å². The lowest BCUT2D eigenvalue weighted by atomic mass is 10.2. The van der Waals surface area contributed by atoms with E-state index in [0.29, 0.717) is 6.54 Å². The minimum absolute atomic E-state index is 0.157. The Bertz CT molecular complexity index is 776. The van der Waals surface area contributed by atoms with Gasteiger partial charge in [0.25, 0.3) is 0 Å². The number of rotatable bonds is 9. The summed E-state index contributed by atoms with van der Waals surface area (Å²) in [7, 11) is -3.66. The highest BCUT2D eigenvalue weighted by Crippen LogP contribution is 2.11. The summed E-state index contributed by atoms with van der Waals surface area (Å²) in [6.07, 6.45) is 0. The lowest BCUT2D eigenvalue weighted by molar-refractivity contribution is -0.119. The minimum atomic E-state index is -3.66. The summed E-state index contributed by atoms with van der Waals surface area (Å²) in [5.41, 5.74) is 2.22. The van der Waals surface area contributed by atoms with Crippen molar-refractivity contribution < 1.29 is 13.2 Å². The van der Waals surface area contributed by atoms with E-state index in [-0.39, 0.29) is 17.3 Å². The molecule has 0 spiro atoms. The number of carbonyl (C=O) groups excluding carboxylic acids is 1. The molecule has 0 aliphatic heterocycles. The van der Waals surface area contributed by atoms with Gasteiger partial charge in [0.1, 0.15) is 0 Å². The molecule has 0 aromatic heterocycles. The highest BCUT2D eigenvalue weighted by atomic mass is 32.2. The summed E-state index contributed by atoms with van der Waals surface area (Å²) in [5.74, 6) is 1.32. The third-order valence-corrected chi connectivity index (χ3v) is 5.88. The molecule has 0 saturated heterocycles. The molecule has 2 aromatic carbocycles. The normalized spacial score (nSPS) is 11.2. The van der Waals surface area contributed by atoms with Crippen LogP contribution in [0.3, 0.4) is 0 Å². The molecule has 0 unspecified atom stereocenters. The summed E-state index contributed by atoms with van der Waals surface area (Å²) < 4.78 is 26.5. The Kier molecular flexibility index (Phi) is 7.49. The maximum absolute atomic E-state index is 12.1. The average molecular weight is 379 g/mol. The molecule has 0 aliphatic carbocycles. The van der Waals surface area contributed by atoms with Crippen molar-refractivity contribution in [3.05, 3.63) is 65.7 Å². The number of hydrogen-bond acceptors (Lipinski definition) is 4. The zero-order valence-corrected chi connectivity index (χ0v) is 15.7. The molecular formula is C18H22N2O3S2. The fourth-order valence-corrected chi connectivity index (χ4v) is 3.85. The van der Waals surface area contributed by atoms with E-state index in [2.05, 4.69) is 22.2 Å². The zero-order valence-electron chi connectivity index (χ0n) is 14.1. The summed E-state index contributed by atoms with van der Waals surface area (Å²) in [6, 6.07) is 16.6. The first-order chi connectivity index (χ1) is 12.0. The second-order valence-electron chi connectivity index (χ2n) is 5.53. The van der Waals surface area contributed by atoms with Gasteiger partial charge in [-0.05, 0) is 24.6 Å². The number of amides is 1. The Morgan fingerprint density at radius 3 is 2.40 bits per heavy atom. The molecule has 134 valence electrons. The van der Waals surface area contributed by atoms with Gasteiger partial charge in [-0.3, -0.25) is 4.79 Å². The molecule has 0 heterocycles. The molecule has 2 rings (SSSR count). The Labute approximate surface area is 153 Å². The van der Waals surface area contributed by atoms with E-state index in [9.17, 15) is 13.2 Å². The molecule has 0 atom stereocenters. The number of sulfonamides is 1. The van der Waals surface area contributed by atoms with E-state index < -0.39 is 10.0 Å². The van der Waals surface area contributed by atoms with E-state index in [1.165, 1.54) is 17.7 Å². The molecule has 2 aromatic rings. The van der Waals surface area contributed by atoms with Crippen LogP contribution in [0.25, 0.3) is 0 Å². The van der Waals surface area contributed by atoms with E-state index in [0.717, 1.165) is 17.1 Å². The second-order valence-corrected chi connectivity index (χ2v) is 8.40. The molecule has 0 aliphatic rings. The first kappa shape index (κ1) is 19.5. The van der Waals surface area contributed by atoms with Crippen LogP contribution in [0.15, 0.2) is 59.5 Å². The van der Waals surface area contributed by atoms with Gasteiger partial charge in [0.2, 0.25) is 15.9 Å². The minimum Gasteiger partial charge on any atom is -0.354 e. The molecule has 1 amide bonds. The Morgan fingerprint density at radius 2 is 1.72 bits per heavy atom. The highest BCUT2D eigenvalue weighted by Gasteiger charge is 2.14. The van der Waals surface area contributed by atoms with Crippen molar-refractivity contribution in [3.8, 4) is 0 Å². The molecule has 5 nitrogen and oxygen atoms in total. The number of aryl methyl sites for hydroxylation is 1. The SMILES string of the molecule is Cc1ccc(S(=O)(=O)NCC(=O)NCCSCc2ccccc2)cc1. The van der Waals surface area contributed by atoms with Crippen LogP contribution in [0.5, 0.6) is 0 Å². The Balaban J connectivity index is 1.65. The number of nitrogens with one attached hydrogen (secondary N) is 2. The quantitative estimate of drug-likeness (QED) is 0.657. The number of hydrogen-bond donors (Lipinski definition) is 2. The number of carbonyl (C=O) groups is 1. The first-order valence-electron chi connectivity index (χ1n) is 7.92. The lowest BCUT2D eigenvalue weighted by Crippen LogP contribution is -2.37.